The monoisotopic (exact) mass is 472 g/mol. The smallest absolute Gasteiger partial charge is 0.255 e. The number of carbonyl (C=O) groups is 2. The van der Waals surface area contributed by atoms with Crippen LogP contribution in [0.4, 0.5) is 11.4 Å². The molecule has 172 valence electrons. The van der Waals surface area contributed by atoms with Crippen LogP contribution < -0.4 is 10.6 Å². The van der Waals surface area contributed by atoms with Gasteiger partial charge in [-0.15, -0.1) is 0 Å². The topological polar surface area (TPSA) is 76.0 Å². The van der Waals surface area contributed by atoms with Gasteiger partial charge in [0.05, 0.1) is 16.4 Å². The van der Waals surface area contributed by atoms with E-state index in [4.69, 9.17) is 11.6 Å². The van der Waals surface area contributed by atoms with Crippen molar-refractivity contribution in [3.63, 3.8) is 0 Å². The molecule has 0 aliphatic rings. The predicted molar refractivity (Wildman–Crippen MR) is 136 cm³/mol. The van der Waals surface area contributed by atoms with E-state index in [0.717, 1.165) is 22.5 Å². The number of aromatic nitrogens is 2. The molecule has 0 aliphatic heterocycles. The van der Waals surface area contributed by atoms with Crippen molar-refractivity contribution in [3.05, 3.63) is 101 Å². The molecule has 0 saturated heterocycles. The highest BCUT2D eigenvalue weighted by atomic mass is 35.5. The third-order valence-electron chi connectivity index (χ3n) is 5.53. The van der Waals surface area contributed by atoms with Crippen molar-refractivity contribution >= 4 is 34.8 Å². The van der Waals surface area contributed by atoms with Gasteiger partial charge in [0.1, 0.15) is 6.04 Å². The van der Waals surface area contributed by atoms with E-state index >= 15 is 0 Å². The Morgan fingerprint density at radius 3 is 2.18 bits per heavy atom. The molecule has 4 aromatic rings. The van der Waals surface area contributed by atoms with E-state index in [1.807, 2.05) is 62.4 Å². The van der Waals surface area contributed by atoms with Crippen LogP contribution in [0.25, 0.3) is 11.1 Å². The molecule has 0 spiro atoms. The van der Waals surface area contributed by atoms with Crippen LogP contribution in [-0.4, -0.2) is 21.6 Å². The van der Waals surface area contributed by atoms with Gasteiger partial charge in [-0.3, -0.25) is 14.3 Å². The summed E-state index contributed by atoms with van der Waals surface area (Å²) in [6.07, 6.45) is 0. The third-order valence-corrected chi connectivity index (χ3v) is 5.84. The third kappa shape index (κ3) is 5.18. The Morgan fingerprint density at radius 1 is 0.882 bits per heavy atom. The Balaban J connectivity index is 1.41. The normalized spacial score (nSPS) is 11.6. The number of benzene rings is 3. The fraction of sp³-hybridized carbons (Fsp3) is 0.148. The van der Waals surface area contributed by atoms with Crippen LogP contribution in [0.3, 0.4) is 0 Å². The summed E-state index contributed by atoms with van der Waals surface area (Å²) in [4.78, 5) is 25.4. The lowest BCUT2D eigenvalue weighted by Crippen LogP contribution is -2.25. The van der Waals surface area contributed by atoms with Crippen LogP contribution in [0.2, 0.25) is 5.02 Å². The highest BCUT2D eigenvalue weighted by Gasteiger charge is 2.19. The van der Waals surface area contributed by atoms with E-state index in [1.165, 1.54) is 0 Å². The Hall–Kier alpha value is -3.90. The molecule has 0 saturated carbocycles. The lowest BCUT2D eigenvalue weighted by Gasteiger charge is -2.16. The van der Waals surface area contributed by atoms with E-state index in [9.17, 15) is 9.59 Å². The van der Waals surface area contributed by atoms with Gasteiger partial charge in [-0.05, 0) is 68.3 Å². The molecular weight excluding hydrogens is 448 g/mol. The zero-order valence-corrected chi connectivity index (χ0v) is 19.9. The lowest BCUT2D eigenvalue weighted by molar-refractivity contribution is -0.119. The number of aryl methyl sites for hydroxylation is 2. The minimum Gasteiger partial charge on any atom is -0.323 e. The Labute approximate surface area is 203 Å². The number of rotatable bonds is 6. The largest absolute Gasteiger partial charge is 0.323 e. The van der Waals surface area contributed by atoms with Gasteiger partial charge in [0.2, 0.25) is 5.91 Å². The number of halogens is 1. The maximum Gasteiger partial charge on any atom is 0.255 e. The summed E-state index contributed by atoms with van der Waals surface area (Å²) in [6, 6.07) is 23.8. The molecule has 4 rings (SSSR count). The standard InChI is InChI=1S/C27H25ClN4O2/c1-17-15-18(2)32(31-17)19(3)26(33)30-25-14-13-23(16-24(25)28)29-27(34)22-11-9-21(10-12-22)20-7-5-4-6-8-20/h4-16,19H,1-3H3,(H,29,34)(H,30,33). The van der Waals surface area contributed by atoms with Gasteiger partial charge >= 0.3 is 0 Å². The number of hydrogen-bond donors (Lipinski definition) is 2. The average Bonchev–Trinajstić information content (AvgIpc) is 3.18. The number of amides is 2. The van der Waals surface area contributed by atoms with Crippen molar-refractivity contribution in [1.29, 1.82) is 0 Å². The van der Waals surface area contributed by atoms with Crippen LogP contribution in [0.1, 0.15) is 34.7 Å². The highest BCUT2D eigenvalue weighted by molar-refractivity contribution is 6.34. The summed E-state index contributed by atoms with van der Waals surface area (Å²) in [5.74, 6) is -0.478. The van der Waals surface area contributed by atoms with Gasteiger partial charge in [0.25, 0.3) is 5.91 Å². The summed E-state index contributed by atoms with van der Waals surface area (Å²) in [7, 11) is 0. The zero-order chi connectivity index (χ0) is 24.2. The summed E-state index contributed by atoms with van der Waals surface area (Å²) < 4.78 is 1.68. The van der Waals surface area contributed by atoms with Crippen molar-refractivity contribution in [1.82, 2.24) is 9.78 Å². The van der Waals surface area contributed by atoms with Crippen LogP contribution in [0.5, 0.6) is 0 Å². The maximum atomic E-state index is 12.7. The van der Waals surface area contributed by atoms with Gasteiger partial charge in [-0.2, -0.15) is 5.10 Å². The first-order valence-corrected chi connectivity index (χ1v) is 11.3. The first-order chi connectivity index (χ1) is 16.3. The molecule has 0 bridgehead atoms. The van der Waals surface area contributed by atoms with Gasteiger partial charge in [0.15, 0.2) is 0 Å². The molecule has 3 aromatic carbocycles. The minimum absolute atomic E-state index is 0.233. The van der Waals surface area contributed by atoms with Crippen molar-refractivity contribution in [2.45, 2.75) is 26.8 Å². The van der Waals surface area contributed by atoms with Crippen LogP contribution in [0.15, 0.2) is 78.9 Å². The molecule has 1 unspecified atom stereocenters. The second kappa shape index (κ2) is 9.93. The molecule has 0 fully saturated rings. The van der Waals surface area contributed by atoms with E-state index in [2.05, 4.69) is 15.7 Å². The molecule has 0 aliphatic carbocycles. The van der Waals surface area contributed by atoms with E-state index in [1.54, 1.807) is 41.9 Å². The molecule has 1 atom stereocenters. The van der Waals surface area contributed by atoms with Crippen molar-refractivity contribution < 1.29 is 9.59 Å². The summed E-state index contributed by atoms with van der Waals surface area (Å²) in [5, 5.41) is 10.4. The van der Waals surface area contributed by atoms with E-state index in [-0.39, 0.29) is 11.8 Å². The van der Waals surface area contributed by atoms with Crippen LogP contribution in [-0.2, 0) is 4.79 Å². The Kier molecular flexibility index (Phi) is 6.80. The van der Waals surface area contributed by atoms with Crippen LogP contribution >= 0.6 is 11.6 Å². The molecule has 34 heavy (non-hydrogen) atoms. The predicted octanol–water partition coefficient (Wildman–Crippen LogP) is 6.27. The highest BCUT2D eigenvalue weighted by Crippen LogP contribution is 2.27. The molecule has 1 aromatic heterocycles. The van der Waals surface area contributed by atoms with E-state index in [0.29, 0.717) is 22.0 Å². The zero-order valence-electron chi connectivity index (χ0n) is 19.2. The summed E-state index contributed by atoms with van der Waals surface area (Å²) >= 11 is 6.39. The molecule has 1 heterocycles. The summed E-state index contributed by atoms with van der Waals surface area (Å²) in [5.41, 5.74) is 5.41. The molecule has 2 N–H and O–H groups in total. The number of nitrogens with zero attached hydrogens (tertiary/aromatic N) is 2. The summed E-state index contributed by atoms with van der Waals surface area (Å²) in [6.45, 7) is 5.57. The molecule has 6 nitrogen and oxygen atoms in total. The molecule has 2 amide bonds. The van der Waals surface area contributed by atoms with Gasteiger partial charge in [-0.1, -0.05) is 54.1 Å². The second-order valence-electron chi connectivity index (χ2n) is 8.13. The Morgan fingerprint density at radius 2 is 1.56 bits per heavy atom. The first-order valence-electron chi connectivity index (χ1n) is 10.9. The Bertz CT molecular complexity index is 1330. The number of hydrogen-bond acceptors (Lipinski definition) is 3. The van der Waals surface area contributed by atoms with Crippen molar-refractivity contribution in [2.75, 3.05) is 10.6 Å². The van der Waals surface area contributed by atoms with Crippen molar-refractivity contribution in [3.8, 4) is 11.1 Å². The number of anilines is 2. The van der Waals surface area contributed by atoms with Gasteiger partial charge < -0.3 is 10.6 Å². The van der Waals surface area contributed by atoms with Gasteiger partial charge in [-0.25, -0.2) is 0 Å². The number of nitrogens with one attached hydrogen (secondary N) is 2. The molecule has 0 radical (unpaired) electrons. The average molecular weight is 473 g/mol. The molecule has 7 heteroatoms. The fourth-order valence-electron chi connectivity index (χ4n) is 3.73. The first kappa shape index (κ1) is 23.3. The maximum absolute atomic E-state index is 12.7. The van der Waals surface area contributed by atoms with E-state index < -0.39 is 6.04 Å². The minimum atomic E-state index is -0.497. The van der Waals surface area contributed by atoms with Gasteiger partial charge in [0, 0.05) is 16.9 Å². The van der Waals surface area contributed by atoms with Crippen molar-refractivity contribution in [2.24, 2.45) is 0 Å². The quantitative estimate of drug-likeness (QED) is 0.347. The second-order valence-corrected chi connectivity index (χ2v) is 8.54. The SMILES string of the molecule is Cc1cc(C)n(C(C)C(=O)Nc2ccc(NC(=O)c3ccc(-c4ccccc4)cc3)cc2Cl)n1. The van der Waals surface area contributed by atoms with Crippen LogP contribution in [0, 0.1) is 13.8 Å². The lowest BCUT2D eigenvalue weighted by atomic mass is 10.0. The molecular formula is C27H25ClN4O2. The fourth-order valence-corrected chi connectivity index (χ4v) is 3.96. The number of carbonyl (C=O) groups excluding carboxylic acids is 2.